The number of fused-ring (bicyclic) bond motifs is 12. The Balaban J connectivity index is 1.18. The number of carbonyl (C=O) groups excluding carboxylic acids is 1. The van der Waals surface area contributed by atoms with E-state index >= 15 is 26.3 Å². The molecule has 1 fully saturated rings. The van der Waals surface area contributed by atoms with Gasteiger partial charge in [0.15, 0.2) is 5.60 Å². The minimum Gasteiger partial charge on any atom is -0.480 e. The molecular formula is C48H42F6N4O3S. The summed E-state index contributed by atoms with van der Waals surface area (Å²) in [4.78, 5) is 19.4. The van der Waals surface area contributed by atoms with Crippen LogP contribution in [0.15, 0.2) is 118 Å². The Hall–Kier alpha value is -5.63. The number of halogens is 6. The van der Waals surface area contributed by atoms with Gasteiger partial charge in [-0.3, -0.25) is 4.79 Å². The molecule has 4 aromatic carbocycles. The molecule has 4 aliphatic heterocycles. The lowest BCUT2D eigenvalue weighted by molar-refractivity contribution is -0.257. The molecule has 62 heavy (non-hydrogen) atoms. The first-order valence-corrected chi connectivity index (χ1v) is 21.6. The first-order valence-electron chi connectivity index (χ1n) is 20.8. The zero-order valence-electron chi connectivity index (χ0n) is 34.8. The van der Waals surface area contributed by atoms with Gasteiger partial charge in [0.05, 0.1) is 11.0 Å². The average Bonchev–Trinajstić information content (AvgIpc) is 3.87. The van der Waals surface area contributed by atoms with E-state index in [1.54, 1.807) is 18.2 Å². The fraction of sp³-hybridized carbons (Fsp3) is 0.333. The molecule has 2 unspecified atom stereocenters. The summed E-state index contributed by atoms with van der Waals surface area (Å²) in [5.74, 6) is -15.5. The molecule has 2 aliphatic carbocycles. The van der Waals surface area contributed by atoms with Gasteiger partial charge in [-0.05, 0) is 77.5 Å². The van der Waals surface area contributed by atoms with Gasteiger partial charge in [-0.15, -0.1) is 11.8 Å². The number of ether oxygens (including phenoxy) is 2. The van der Waals surface area contributed by atoms with Gasteiger partial charge in [-0.2, -0.15) is 31.4 Å². The number of benzene rings is 4. The summed E-state index contributed by atoms with van der Waals surface area (Å²) in [6.45, 7) is 14.2. The third-order valence-electron chi connectivity index (χ3n) is 13.7. The van der Waals surface area contributed by atoms with Crippen LogP contribution in [0.3, 0.4) is 0 Å². The molecular weight excluding hydrogens is 827 g/mol. The fourth-order valence-electron chi connectivity index (χ4n) is 10.5. The highest BCUT2D eigenvalue weighted by molar-refractivity contribution is 8.05. The van der Waals surface area contributed by atoms with E-state index in [0.717, 1.165) is 49.3 Å². The molecule has 320 valence electrons. The number of hydrogen-bond acceptors (Lipinski definition) is 7. The van der Waals surface area contributed by atoms with Crippen molar-refractivity contribution in [1.29, 1.82) is 0 Å². The molecule has 0 radical (unpaired) electrons. The van der Waals surface area contributed by atoms with Crippen LogP contribution in [0, 0.1) is 0 Å². The number of nitrogens with zero attached hydrogens (tertiary/aromatic N) is 4. The van der Waals surface area contributed by atoms with Crippen molar-refractivity contribution in [3.8, 4) is 17.2 Å². The molecule has 4 aromatic rings. The van der Waals surface area contributed by atoms with E-state index in [0.29, 0.717) is 33.8 Å². The Kier molecular flexibility index (Phi) is 8.61. The van der Waals surface area contributed by atoms with Gasteiger partial charge in [0, 0.05) is 99.1 Å². The second-order valence-corrected chi connectivity index (χ2v) is 18.0. The molecule has 0 N–H and O–H groups in total. The van der Waals surface area contributed by atoms with Crippen molar-refractivity contribution in [2.24, 2.45) is 5.10 Å². The van der Waals surface area contributed by atoms with Crippen LogP contribution >= 0.6 is 11.8 Å². The lowest BCUT2D eigenvalue weighted by Gasteiger charge is -2.46. The molecule has 10 rings (SSSR count). The molecule has 6 aliphatic rings. The maximum atomic E-state index is 16.1. The van der Waals surface area contributed by atoms with Crippen molar-refractivity contribution in [3.05, 3.63) is 140 Å². The van der Waals surface area contributed by atoms with Crippen molar-refractivity contribution in [2.75, 3.05) is 36.0 Å². The van der Waals surface area contributed by atoms with Crippen LogP contribution < -0.4 is 19.3 Å². The van der Waals surface area contributed by atoms with E-state index in [4.69, 9.17) is 14.6 Å². The van der Waals surface area contributed by atoms with Crippen molar-refractivity contribution in [3.63, 3.8) is 0 Å². The lowest BCUT2D eigenvalue weighted by Crippen LogP contribution is -2.53. The Morgan fingerprint density at radius 2 is 1.23 bits per heavy atom. The summed E-state index contributed by atoms with van der Waals surface area (Å²) in [7, 11) is 0. The Bertz CT molecular complexity index is 2700. The van der Waals surface area contributed by atoms with Crippen LogP contribution in [-0.2, 0) is 5.54 Å². The van der Waals surface area contributed by atoms with Crippen LogP contribution in [0.25, 0.3) is 5.57 Å². The van der Waals surface area contributed by atoms with Gasteiger partial charge in [0.1, 0.15) is 22.8 Å². The minimum absolute atomic E-state index is 0.0474. The quantitative estimate of drug-likeness (QED) is 0.130. The predicted octanol–water partition coefficient (Wildman–Crippen LogP) is 11.4. The van der Waals surface area contributed by atoms with Gasteiger partial charge in [0.2, 0.25) is 0 Å². The second kappa shape index (κ2) is 13.2. The summed E-state index contributed by atoms with van der Waals surface area (Å²) >= 11 is 0.986. The lowest BCUT2D eigenvalue weighted by atomic mass is 9.68. The number of rotatable bonds is 8. The monoisotopic (exact) mass is 868 g/mol. The molecule has 4 heterocycles. The summed E-state index contributed by atoms with van der Waals surface area (Å²) in [6, 6.07) is 25.0. The Labute approximate surface area is 359 Å². The molecule has 1 saturated carbocycles. The normalized spacial score (nSPS) is 24.8. The van der Waals surface area contributed by atoms with E-state index in [9.17, 15) is 4.79 Å². The van der Waals surface area contributed by atoms with Crippen LogP contribution in [0.1, 0.15) is 74.2 Å². The highest BCUT2D eigenvalue weighted by Gasteiger charge is 2.85. The molecule has 2 atom stereocenters. The van der Waals surface area contributed by atoms with Crippen molar-refractivity contribution in [2.45, 2.75) is 75.2 Å². The maximum absolute atomic E-state index is 16.1. The number of allylic oxidation sites excluding steroid dienone is 4. The number of alkyl halides is 6. The highest BCUT2D eigenvalue weighted by Crippen LogP contribution is 2.73. The number of carbonyl (C=O) groups is 1. The predicted molar refractivity (Wildman–Crippen MR) is 229 cm³/mol. The van der Waals surface area contributed by atoms with Crippen LogP contribution in [-0.4, -0.2) is 71.4 Å². The van der Waals surface area contributed by atoms with E-state index < -0.39 is 61.9 Å². The summed E-state index contributed by atoms with van der Waals surface area (Å²) in [5, 5.41) is 6.27. The molecule has 0 aromatic heterocycles. The first kappa shape index (κ1) is 40.4. The topological polar surface area (TPSA) is 57.6 Å². The summed E-state index contributed by atoms with van der Waals surface area (Å²) < 4.78 is 107. The van der Waals surface area contributed by atoms with E-state index in [2.05, 4.69) is 37.5 Å². The van der Waals surface area contributed by atoms with Gasteiger partial charge < -0.3 is 19.3 Å². The number of para-hydroxylation sites is 1. The second-order valence-electron chi connectivity index (χ2n) is 16.5. The first-order chi connectivity index (χ1) is 29.5. The number of thioether (sulfide) groups is 1. The summed E-state index contributed by atoms with van der Waals surface area (Å²) in [5.41, 5.74) is -2.71. The smallest absolute Gasteiger partial charge is 0.380 e. The van der Waals surface area contributed by atoms with Crippen molar-refractivity contribution >= 4 is 40.8 Å². The van der Waals surface area contributed by atoms with Gasteiger partial charge in [-0.1, -0.05) is 48.5 Å². The number of anilines is 2. The van der Waals surface area contributed by atoms with Crippen LogP contribution in [0.5, 0.6) is 17.2 Å². The molecule has 0 saturated heterocycles. The van der Waals surface area contributed by atoms with Crippen molar-refractivity contribution < 1.29 is 40.6 Å². The number of amides is 1. The zero-order valence-corrected chi connectivity index (χ0v) is 35.6. The van der Waals surface area contributed by atoms with E-state index in [1.165, 1.54) is 49.3 Å². The van der Waals surface area contributed by atoms with Crippen LogP contribution in [0.2, 0.25) is 0 Å². The molecule has 1 amide bonds. The molecule has 0 bridgehead atoms. The fourth-order valence-corrected chi connectivity index (χ4v) is 11.9. The largest absolute Gasteiger partial charge is 0.480 e. The minimum atomic E-state index is -5.73. The average molecular weight is 869 g/mol. The van der Waals surface area contributed by atoms with Gasteiger partial charge >= 0.3 is 17.8 Å². The van der Waals surface area contributed by atoms with Gasteiger partial charge in [-0.25, -0.2) is 5.01 Å². The Morgan fingerprint density at radius 1 is 0.677 bits per heavy atom. The van der Waals surface area contributed by atoms with Crippen LogP contribution in [0.4, 0.5) is 37.7 Å². The standard InChI is InChI=1S/C48H42F6N4O3S/c1-7-56(8-2)27-19-21-33-37(23-27)60-38-24-28(57(9-3)10-4)20-22-34(38)45(33)32-17-13-11-15-30(32)42(59)58(45)55-26-29-25-35-40-41(47(51,52)48(53,54)46(40,49)50)39-31-16-12-14-18-36(31)61-43(39,5)44(35,6)62-29/h11-26H,7-10H2,1-6H3/b55-26+. The number of hydrogen-bond donors (Lipinski definition) is 0. The summed E-state index contributed by atoms with van der Waals surface area (Å²) in [6.07, 6.45) is 2.53. The molecule has 14 heteroatoms. The van der Waals surface area contributed by atoms with E-state index in [1.807, 2.05) is 48.5 Å². The third kappa shape index (κ3) is 4.76. The third-order valence-corrected chi connectivity index (χ3v) is 15.2. The highest BCUT2D eigenvalue weighted by atomic mass is 32.2. The molecule has 7 nitrogen and oxygen atoms in total. The maximum Gasteiger partial charge on any atom is 0.380 e. The SMILES string of the molecule is CCN(CC)c1ccc2c(c1)Oc1cc(N(CC)CC)ccc1C21c2ccccc2C(=O)N1/N=C/C1=CC2=C3C(=C4c5ccccc5OC4(C)C2(C)S1)C(F)(F)C(F)(F)C3(F)F. The van der Waals surface area contributed by atoms with E-state index in [-0.39, 0.29) is 16.2 Å². The van der Waals surface area contributed by atoms with Crippen molar-refractivity contribution in [1.82, 2.24) is 5.01 Å². The molecule has 1 spiro atoms. The zero-order chi connectivity index (χ0) is 43.9. The Morgan fingerprint density at radius 3 is 1.82 bits per heavy atom. The number of hydrazone groups is 1. The van der Waals surface area contributed by atoms with Gasteiger partial charge in [0.25, 0.3) is 5.91 Å².